The number of aromatic amines is 1. The van der Waals surface area contributed by atoms with Crippen LogP contribution in [0.4, 0.5) is 0 Å². The summed E-state index contributed by atoms with van der Waals surface area (Å²) < 4.78 is 2.55. The van der Waals surface area contributed by atoms with E-state index in [2.05, 4.69) is 20.9 Å². The first-order valence-corrected chi connectivity index (χ1v) is 7.77. The zero-order valence-electron chi connectivity index (χ0n) is 11.0. The van der Waals surface area contributed by atoms with Gasteiger partial charge in [-0.2, -0.15) is 0 Å². The van der Waals surface area contributed by atoms with Gasteiger partial charge in [0.05, 0.1) is 16.6 Å². The number of H-pyrrole nitrogens is 1. The van der Waals surface area contributed by atoms with Crippen molar-refractivity contribution in [3.8, 4) is 5.69 Å². The molecule has 21 heavy (non-hydrogen) atoms. The Balaban J connectivity index is 2.44. The molecule has 0 unspecified atom stereocenters. The molecule has 0 radical (unpaired) electrons. The number of nitrogens with zero attached hydrogens (tertiary/aromatic N) is 1. The van der Waals surface area contributed by atoms with E-state index < -0.39 is 0 Å². The Morgan fingerprint density at radius 3 is 2.76 bits per heavy atom. The molecule has 0 fully saturated rings. The normalized spacial score (nSPS) is 11.0. The molecular formula is C15H10BrClN2OS. The van der Waals surface area contributed by atoms with Gasteiger partial charge in [0, 0.05) is 9.50 Å². The third-order valence-corrected chi connectivity index (χ3v) is 4.60. The van der Waals surface area contributed by atoms with Crippen LogP contribution in [0.5, 0.6) is 0 Å². The first-order valence-electron chi connectivity index (χ1n) is 6.19. The number of fused-ring (bicyclic) bond motifs is 1. The van der Waals surface area contributed by atoms with E-state index in [1.54, 1.807) is 12.1 Å². The van der Waals surface area contributed by atoms with Crippen LogP contribution in [0, 0.1) is 11.7 Å². The molecule has 1 N–H and O–H groups in total. The van der Waals surface area contributed by atoms with Crippen molar-refractivity contribution in [2.45, 2.75) is 6.92 Å². The minimum atomic E-state index is -0.171. The van der Waals surface area contributed by atoms with Crippen LogP contribution in [0.15, 0.2) is 45.7 Å². The van der Waals surface area contributed by atoms with Gasteiger partial charge in [-0.15, -0.1) is 0 Å². The summed E-state index contributed by atoms with van der Waals surface area (Å²) in [5.74, 6) is 0. The van der Waals surface area contributed by atoms with Crippen LogP contribution in [-0.4, -0.2) is 9.55 Å². The SMILES string of the molecule is Cc1cc(Br)c(-n2c(=S)[nH]c3ccccc3c2=O)cc1Cl. The Bertz CT molecular complexity index is 978. The lowest BCUT2D eigenvalue weighted by Crippen LogP contribution is -2.20. The molecule has 0 saturated heterocycles. The zero-order chi connectivity index (χ0) is 15.1. The Morgan fingerprint density at radius 1 is 1.29 bits per heavy atom. The number of aromatic nitrogens is 2. The second-order valence-electron chi connectivity index (χ2n) is 4.67. The first kappa shape index (κ1) is 14.5. The van der Waals surface area contributed by atoms with Crippen LogP contribution < -0.4 is 5.56 Å². The van der Waals surface area contributed by atoms with E-state index in [1.165, 1.54) is 4.57 Å². The number of para-hydroxylation sites is 1. The van der Waals surface area contributed by atoms with Crippen LogP contribution in [0.3, 0.4) is 0 Å². The predicted molar refractivity (Wildman–Crippen MR) is 92.2 cm³/mol. The monoisotopic (exact) mass is 380 g/mol. The van der Waals surface area contributed by atoms with Crippen molar-refractivity contribution in [3.05, 3.63) is 66.6 Å². The number of halogens is 2. The molecule has 1 heterocycles. The Hall–Kier alpha value is -1.43. The van der Waals surface area contributed by atoms with Gasteiger partial charge in [-0.1, -0.05) is 23.7 Å². The maximum atomic E-state index is 12.7. The van der Waals surface area contributed by atoms with Crippen molar-refractivity contribution in [1.29, 1.82) is 0 Å². The summed E-state index contributed by atoms with van der Waals surface area (Å²) in [4.78, 5) is 15.8. The predicted octanol–water partition coefficient (Wildman–Crippen LogP) is 4.77. The molecule has 1 aromatic heterocycles. The maximum Gasteiger partial charge on any atom is 0.266 e. The second-order valence-corrected chi connectivity index (χ2v) is 6.32. The molecule has 0 aliphatic rings. The Kier molecular flexibility index (Phi) is 3.73. The molecular weight excluding hydrogens is 372 g/mol. The van der Waals surface area contributed by atoms with E-state index in [4.69, 9.17) is 23.8 Å². The topological polar surface area (TPSA) is 37.8 Å². The molecule has 0 atom stereocenters. The van der Waals surface area contributed by atoms with Crippen molar-refractivity contribution in [2.75, 3.05) is 0 Å². The van der Waals surface area contributed by atoms with Gasteiger partial charge in [0.25, 0.3) is 5.56 Å². The molecule has 0 amide bonds. The van der Waals surface area contributed by atoms with Gasteiger partial charge in [0.15, 0.2) is 4.77 Å². The third-order valence-electron chi connectivity index (χ3n) is 3.27. The van der Waals surface area contributed by atoms with Crippen molar-refractivity contribution in [1.82, 2.24) is 9.55 Å². The highest BCUT2D eigenvalue weighted by Gasteiger charge is 2.12. The lowest BCUT2D eigenvalue weighted by Gasteiger charge is -2.11. The molecule has 3 rings (SSSR count). The van der Waals surface area contributed by atoms with E-state index in [0.717, 1.165) is 15.6 Å². The molecule has 0 saturated carbocycles. The standard InChI is InChI=1S/C15H10BrClN2OS/c1-8-6-10(16)13(7-11(8)17)19-14(20)9-4-2-3-5-12(9)18-15(19)21/h2-7H,1H3,(H,18,21). The summed E-state index contributed by atoms with van der Waals surface area (Å²) in [6.07, 6.45) is 0. The van der Waals surface area contributed by atoms with E-state index in [1.807, 2.05) is 31.2 Å². The molecule has 3 aromatic rings. The fraction of sp³-hybridized carbons (Fsp3) is 0.0667. The number of nitrogens with one attached hydrogen (secondary N) is 1. The Labute approximate surface area is 139 Å². The second kappa shape index (κ2) is 5.40. The van der Waals surface area contributed by atoms with Gasteiger partial charge in [0.1, 0.15) is 0 Å². The van der Waals surface area contributed by atoms with Crippen LogP contribution in [-0.2, 0) is 0 Å². The van der Waals surface area contributed by atoms with Gasteiger partial charge in [-0.05, 0) is 64.9 Å². The van der Waals surface area contributed by atoms with Crippen molar-refractivity contribution < 1.29 is 0 Å². The molecule has 106 valence electrons. The van der Waals surface area contributed by atoms with Gasteiger partial charge >= 0.3 is 0 Å². The first-order chi connectivity index (χ1) is 9.99. The van der Waals surface area contributed by atoms with Crippen LogP contribution >= 0.6 is 39.7 Å². The van der Waals surface area contributed by atoms with E-state index >= 15 is 0 Å². The minimum Gasteiger partial charge on any atom is -0.331 e. The molecule has 0 aliphatic carbocycles. The fourth-order valence-corrected chi connectivity index (χ4v) is 3.27. The number of rotatable bonds is 1. The molecule has 0 bridgehead atoms. The number of benzene rings is 2. The molecule has 3 nitrogen and oxygen atoms in total. The van der Waals surface area contributed by atoms with Gasteiger partial charge in [-0.25, -0.2) is 0 Å². The Morgan fingerprint density at radius 2 is 2.00 bits per heavy atom. The highest BCUT2D eigenvalue weighted by Crippen LogP contribution is 2.27. The van der Waals surface area contributed by atoms with Crippen LogP contribution in [0.2, 0.25) is 5.02 Å². The fourth-order valence-electron chi connectivity index (χ4n) is 2.19. The van der Waals surface area contributed by atoms with Gasteiger partial charge in [-0.3, -0.25) is 9.36 Å². The maximum absolute atomic E-state index is 12.7. The van der Waals surface area contributed by atoms with Crippen LogP contribution in [0.25, 0.3) is 16.6 Å². The summed E-state index contributed by atoms with van der Waals surface area (Å²) in [6.45, 7) is 1.90. The highest BCUT2D eigenvalue weighted by molar-refractivity contribution is 9.10. The van der Waals surface area contributed by atoms with Crippen molar-refractivity contribution in [2.24, 2.45) is 0 Å². The zero-order valence-corrected chi connectivity index (χ0v) is 14.1. The van der Waals surface area contributed by atoms with E-state index in [0.29, 0.717) is 20.9 Å². The molecule has 2 aromatic carbocycles. The average Bonchev–Trinajstić information content (AvgIpc) is 2.44. The van der Waals surface area contributed by atoms with Gasteiger partial charge in [0.2, 0.25) is 0 Å². The lowest BCUT2D eigenvalue weighted by molar-refractivity contribution is 0.934. The van der Waals surface area contributed by atoms with Gasteiger partial charge < -0.3 is 4.98 Å². The van der Waals surface area contributed by atoms with Crippen LogP contribution in [0.1, 0.15) is 5.56 Å². The summed E-state index contributed by atoms with van der Waals surface area (Å²) >= 11 is 15.0. The summed E-state index contributed by atoms with van der Waals surface area (Å²) in [7, 11) is 0. The minimum absolute atomic E-state index is 0.171. The number of hydrogen-bond acceptors (Lipinski definition) is 2. The lowest BCUT2D eigenvalue weighted by atomic mass is 10.2. The smallest absolute Gasteiger partial charge is 0.266 e. The third kappa shape index (κ3) is 2.46. The van der Waals surface area contributed by atoms with Crippen molar-refractivity contribution in [3.63, 3.8) is 0 Å². The number of hydrogen-bond donors (Lipinski definition) is 1. The molecule has 6 heteroatoms. The molecule has 0 spiro atoms. The average molecular weight is 382 g/mol. The van der Waals surface area contributed by atoms with Crippen molar-refractivity contribution >= 4 is 50.7 Å². The quantitative estimate of drug-likeness (QED) is 0.616. The molecule has 0 aliphatic heterocycles. The number of aryl methyl sites for hydroxylation is 1. The summed E-state index contributed by atoms with van der Waals surface area (Å²) in [6, 6.07) is 10.9. The summed E-state index contributed by atoms with van der Waals surface area (Å²) in [5.41, 5.74) is 2.10. The largest absolute Gasteiger partial charge is 0.331 e. The highest BCUT2D eigenvalue weighted by atomic mass is 79.9. The van der Waals surface area contributed by atoms with E-state index in [-0.39, 0.29) is 5.56 Å². The summed E-state index contributed by atoms with van der Waals surface area (Å²) in [5, 5.41) is 1.16. The van der Waals surface area contributed by atoms with E-state index in [9.17, 15) is 4.79 Å².